The third kappa shape index (κ3) is 2.69. The van der Waals surface area contributed by atoms with E-state index >= 15 is 0 Å². The van der Waals surface area contributed by atoms with E-state index in [-0.39, 0.29) is 0 Å². The summed E-state index contributed by atoms with van der Waals surface area (Å²) in [5.74, 6) is 2.13. The first-order chi connectivity index (χ1) is 6.02. The molecule has 1 rings (SSSR count). The van der Waals surface area contributed by atoms with Crippen molar-refractivity contribution in [1.82, 2.24) is 0 Å². The summed E-state index contributed by atoms with van der Waals surface area (Å²) >= 11 is 0. The Morgan fingerprint density at radius 2 is 1.62 bits per heavy atom. The predicted octanol–water partition coefficient (Wildman–Crippen LogP) is 4.05. The minimum Gasteiger partial charge on any atom is -0.247 e. The van der Waals surface area contributed by atoms with Crippen LogP contribution in [0.25, 0.3) is 0 Å². The highest BCUT2D eigenvalue weighted by Crippen LogP contribution is 2.38. The zero-order valence-corrected chi connectivity index (χ0v) is 9.39. The molecule has 3 atom stereocenters. The molecule has 0 aromatic carbocycles. The Hall–Kier alpha value is -0.0700. The van der Waals surface area contributed by atoms with Crippen molar-refractivity contribution in [2.45, 2.75) is 53.1 Å². The van der Waals surface area contributed by atoms with Gasteiger partial charge in [-0.05, 0) is 42.9 Å². The second kappa shape index (κ2) is 4.43. The molecule has 1 aliphatic carbocycles. The molecule has 0 heterocycles. The van der Waals surface area contributed by atoms with Crippen LogP contribution in [0.5, 0.6) is 0 Å². The van der Waals surface area contributed by atoms with Crippen LogP contribution in [0, 0.1) is 23.7 Å². The average molecular weight is 186 g/mol. The summed E-state index contributed by atoms with van der Waals surface area (Å²) in [6, 6.07) is 0. The van der Waals surface area contributed by atoms with E-state index < -0.39 is 6.17 Å². The monoisotopic (exact) mass is 186 g/mol. The number of rotatable bonds is 2. The van der Waals surface area contributed by atoms with E-state index in [1.807, 2.05) is 0 Å². The molecule has 0 amide bonds. The highest BCUT2D eigenvalue weighted by molar-refractivity contribution is 4.82. The SMILES string of the molecule is CC(C)C1CCC(C(C)C)C(F)C1. The van der Waals surface area contributed by atoms with Gasteiger partial charge in [-0.2, -0.15) is 0 Å². The zero-order valence-electron chi connectivity index (χ0n) is 9.39. The Bertz CT molecular complexity index is 151. The van der Waals surface area contributed by atoms with Crippen LogP contribution in [-0.2, 0) is 0 Å². The van der Waals surface area contributed by atoms with E-state index in [4.69, 9.17) is 0 Å². The Kier molecular flexibility index (Phi) is 3.75. The first kappa shape index (κ1) is 11.0. The summed E-state index contributed by atoms with van der Waals surface area (Å²) in [4.78, 5) is 0. The molecule has 0 aromatic heterocycles. The van der Waals surface area contributed by atoms with Gasteiger partial charge in [0.15, 0.2) is 0 Å². The molecular formula is C12H23F. The normalized spacial score (nSPS) is 35.8. The van der Waals surface area contributed by atoms with Crippen molar-refractivity contribution in [3.05, 3.63) is 0 Å². The molecule has 0 aliphatic heterocycles. The fraction of sp³-hybridized carbons (Fsp3) is 1.00. The van der Waals surface area contributed by atoms with Gasteiger partial charge in [0.05, 0.1) is 0 Å². The van der Waals surface area contributed by atoms with Crippen molar-refractivity contribution >= 4 is 0 Å². The van der Waals surface area contributed by atoms with E-state index in [2.05, 4.69) is 27.7 Å². The number of alkyl halides is 1. The van der Waals surface area contributed by atoms with E-state index in [0.29, 0.717) is 23.7 Å². The molecule has 13 heavy (non-hydrogen) atoms. The van der Waals surface area contributed by atoms with Gasteiger partial charge in [0.25, 0.3) is 0 Å². The van der Waals surface area contributed by atoms with Gasteiger partial charge in [-0.1, -0.05) is 27.7 Å². The summed E-state index contributed by atoms with van der Waals surface area (Å²) in [7, 11) is 0. The Morgan fingerprint density at radius 3 is 2.00 bits per heavy atom. The van der Waals surface area contributed by atoms with Crippen molar-refractivity contribution in [2.75, 3.05) is 0 Å². The summed E-state index contributed by atoms with van der Waals surface area (Å²) < 4.78 is 13.7. The lowest BCUT2D eigenvalue weighted by molar-refractivity contribution is 0.0778. The molecule has 3 unspecified atom stereocenters. The minimum atomic E-state index is -0.541. The lowest BCUT2D eigenvalue weighted by atomic mass is 9.72. The Morgan fingerprint density at radius 1 is 1.00 bits per heavy atom. The Balaban J connectivity index is 2.46. The lowest BCUT2D eigenvalue weighted by Crippen LogP contribution is -2.31. The maximum absolute atomic E-state index is 13.7. The van der Waals surface area contributed by atoms with Crippen molar-refractivity contribution < 1.29 is 4.39 Å². The smallest absolute Gasteiger partial charge is 0.103 e. The lowest BCUT2D eigenvalue weighted by Gasteiger charge is -2.35. The van der Waals surface area contributed by atoms with Gasteiger partial charge in [-0.25, -0.2) is 4.39 Å². The Labute approximate surface area is 81.9 Å². The molecule has 78 valence electrons. The van der Waals surface area contributed by atoms with Crippen LogP contribution in [0.1, 0.15) is 47.0 Å². The second-order valence-electron chi connectivity index (χ2n) is 5.24. The fourth-order valence-corrected chi connectivity index (χ4v) is 2.53. The number of halogens is 1. The zero-order chi connectivity index (χ0) is 10.0. The molecule has 1 fully saturated rings. The van der Waals surface area contributed by atoms with Gasteiger partial charge in [0.1, 0.15) is 6.17 Å². The average Bonchev–Trinajstić information content (AvgIpc) is 2.03. The quantitative estimate of drug-likeness (QED) is 0.610. The van der Waals surface area contributed by atoms with Gasteiger partial charge >= 0.3 is 0 Å². The summed E-state index contributed by atoms with van der Waals surface area (Å²) in [5.41, 5.74) is 0. The molecule has 1 aliphatic rings. The van der Waals surface area contributed by atoms with Gasteiger partial charge in [-0.3, -0.25) is 0 Å². The van der Waals surface area contributed by atoms with Crippen molar-refractivity contribution in [2.24, 2.45) is 23.7 Å². The predicted molar refractivity (Wildman–Crippen MR) is 55.4 cm³/mol. The van der Waals surface area contributed by atoms with Crippen molar-refractivity contribution in [1.29, 1.82) is 0 Å². The molecule has 1 saturated carbocycles. The fourth-order valence-electron chi connectivity index (χ4n) is 2.53. The first-order valence-corrected chi connectivity index (χ1v) is 5.66. The minimum absolute atomic E-state index is 0.329. The molecule has 0 aromatic rings. The van der Waals surface area contributed by atoms with Crippen LogP contribution < -0.4 is 0 Å². The highest BCUT2D eigenvalue weighted by Gasteiger charge is 2.33. The van der Waals surface area contributed by atoms with Crippen LogP contribution in [0.4, 0.5) is 4.39 Å². The summed E-state index contributed by atoms with van der Waals surface area (Å²) in [6.07, 6.45) is 2.60. The van der Waals surface area contributed by atoms with E-state index in [1.165, 1.54) is 6.42 Å². The maximum Gasteiger partial charge on any atom is 0.103 e. The van der Waals surface area contributed by atoms with Crippen molar-refractivity contribution in [3.8, 4) is 0 Å². The second-order valence-corrected chi connectivity index (χ2v) is 5.24. The maximum atomic E-state index is 13.7. The van der Waals surface area contributed by atoms with Crippen LogP contribution >= 0.6 is 0 Å². The molecule has 0 bridgehead atoms. The van der Waals surface area contributed by atoms with Crippen LogP contribution in [-0.4, -0.2) is 6.17 Å². The van der Waals surface area contributed by atoms with Gasteiger partial charge in [-0.15, -0.1) is 0 Å². The standard InChI is InChI=1S/C12H23F/c1-8(2)10-5-6-11(9(3)4)12(13)7-10/h8-12H,5-7H2,1-4H3. The molecule has 0 spiro atoms. The third-order valence-electron chi connectivity index (χ3n) is 3.66. The van der Waals surface area contributed by atoms with Crippen LogP contribution in [0.2, 0.25) is 0 Å². The molecular weight excluding hydrogens is 163 g/mol. The van der Waals surface area contributed by atoms with E-state index in [1.54, 1.807) is 0 Å². The molecule has 0 radical (unpaired) electrons. The highest BCUT2D eigenvalue weighted by atomic mass is 19.1. The largest absolute Gasteiger partial charge is 0.247 e. The van der Waals surface area contributed by atoms with Crippen LogP contribution in [0.3, 0.4) is 0 Å². The van der Waals surface area contributed by atoms with E-state index in [0.717, 1.165) is 12.8 Å². The van der Waals surface area contributed by atoms with Crippen LogP contribution in [0.15, 0.2) is 0 Å². The molecule has 0 nitrogen and oxygen atoms in total. The molecule has 1 heteroatoms. The van der Waals surface area contributed by atoms with Gasteiger partial charge in [0.2, 0.25) is 0 Å². The van der Waals surface area contributed by atoms with Crippen molar-refractivity contribution in [3.63, 3.8) is 0 Å². The summed E-state index contributed by atoms with van der Waals surface area (Å²) in [5, 5.41) is 0. The number of hydrogen-bond acceptors (Lipinski definition) is 0. The van der Waals surface area contributed by atoms with E-state index in [9.17, 15) is 4.39 Å². The molecule has 0 saturated heterocycles. The topological polar surface area (TPSA) is 0 Å². The summed E-state index contributed by atoms with van der Waals surface area (Å²) in [6.45, 7) is 8.72. The number of hydrogen-bond donors (Lipinski definition) is 0. The van der Waals surface area contributed by atoms with Gasteiger partial charge < -0.3 is 0 Å². The third-order valence-corrected chi connectivity index (χ3v) is 3.66. The first-order valence-electron chi connectivity index (χ1n) is 5.66. The van der Waals surface area contributed by atoms with Gasteiger partial charge in [0, 0.05) is 0 Å². The molecule has 0 N–H and O–H groups in total.